The van der Waals surface area contributed by atoms with E-state index < -0.39 is 24.2 Å². The molecule has 4 N–H and O–H groups in total. The first kappa shape index (κ1) is 41.0. The molecule has 1 fully saturated rings. The number of methoxy groups -OCH3 is 2. The summed E-state index contributed by atoms with van der Waals surface area (Å²) in [6.45, 7) is 10.7. The van der Waals surface area contributed by atoms with E-state index in [1.165, 1.54) is 0 Å². The van der Waals surface area contributed by atoms with Gasteiger partial charge in [-0.2, -0.15) is 0 Å². The summed E-state index contributed by atoms with van der Waals surface area (Å²) in [5.74, 6) is -1.07. The van der Waals surface area contributed by atoms with Gasteiger partial charge in [-0.3, -0.25) is 24.1 Å². The van der Waals surface area contributed by atoms with Gasteiger partial charge in [0.05, 0.1) is 49.2 Å². The van der Waals surface area contributed by atoms with Gasteiger partial charge in [0.15, 0.2) is 0 Å². The number of amides is 4. The fraction of sp³-hybridized carbons (Fsp3) is 0.722. The summed E-state index contributed by atoms with van der Waals surface area (Å²) in [4.78, 5) is 58.7. The number of hydrogen-bond acceptors (Lipinski definition) is 8. The van der Waals surface area contributed by atoms with Crippen LogP contribution in [-0.4, -0.2) is 124 Å². The first-order valence-corrected chi connectivity index (χ1v) is 17.3. The van der Waals surface area contributed by atoms with Gasteiger partial charge in [0.25, 0.3) is 0 Å². The highest BCUT2D eigenvalue weighted by Gasteiger charge is 2.42. The number of carbonyl (C=O) groups excluding carboxylic acids is 4. The van der Waals surface area contributed by atoms with Gasteiger partial charge >= 0.3 is 0 Å². The molecule has 2 rings (SSSR count). The van der Waals surface area contributed by atoms with Crippen molar-refractivity contribution in [2.24, 2.45) is 17.8 Å². The Labute approximate surface area is 288 Å². The van der Waals surface area contributed by atoms with Crippen molar-refractivity contribution in [2.75, 3.05) is 60.7 Å². The van der Waals surface area contributed by atoms with Gasteiger partial charge in [-0.25, -0.2) is 0 Å². The van der Waals surface area contributed by atoms with Crippen LogP contribution < -0.4 is 16.4 Å². The monoisotopic (exact) mass is 674 g/mol. The summed E-state index contributed by atoms with van der Waals surface area (Å²) >= 11 is 0. The molecule has 1 heterocycles. The molecule has 1 aromatic rings. The number of carbonyl (C=O) groups is 4. The van der Waals surface area contributed by atoms with Gasteiger partial charge in [0.2, 0.25) is 23.6 Å². The van der Waals surface area contributed by atoms with Crippen LogP contribution in [0, 0.1) is 17.8 Å². The number of nitrogens with one attached hydrogen (secondary N) is 2. The Morgan fingerprint density at radius 2 is 1.71 bits per heavy atom. The van der Waals surface area contributed by atoms with E-state index >= 15 is 0 Å². The molecule has 1 aromatic carbocycles. The van der Waals surface area contributed by atoms with Crippen LogP contribution in [0.3, 0.4) is 0 Å². The average Bonchev–Trinajstić information content (AvgIpc) is 3.52. The number of hydrogen-bond donors (Lipinski definition) is 3. The van der Waals surface area contributed by atoms with E-state index in [2.05, 4.69) is 10.6 Å². The molecular weight excluding hydrogens is 612 g/mol. The number of nitrogens with two attached hydrogens (primary N) is 1. The van der Waals surface area contributed by atoms with Crippen molar-refractivity contribution in [2.45, 2.75) is 97.1 Å². The van der Waals surface area contributed by atoms with E-state index in [1.807, 2.05) is 82.8 Å². The first-order chi connectivity index (χ1) is 22.7. The minimum absolute atomic E-state index is 0.0229. The summed E-state index contributed by atoms with van der Waals surface area (Å²) in [5.41, 5.74) is 7.61. The topological polar surface area (TPSA) is 147 Å². The average molecular weight is 675 g/mol. The first-order valence-electron chi connectivity index (χ1n) is 17.3. The van der Waals surface area contributed by atoms with Crippen LogP contribution in [0.1, 0.15) is 65.9 Å². The molecule has 12 nitrogen and oxygen atoms in total. The number of ether oxygens (including phenoxy) is 2. The largest absolute Gasteiger partial charge is 0.399 e. The Morgan fingerprint density at radius 1 is 1.02 bits per heavy atom. The van der Waals surface area contributed by atoms with E-state index in [9.17, 15) is 19.2 Å². The molecule has 272 valence electrons. The smallest absolute Gasteiger partial charge is 0.242 e. The zero-order valence-corrected chi connectivity index (χ0v) is 31.0. The Balaban J connectivity index is 2.10. The van der Waals surface area contributed by atoms with Crippen LogP contribution in [0.2, 0.25) is 0 Å². The van der Waals surface area contributed by atoms with Crippen molar-refractivity contribution in [3.8, 4) is 0 Å². The van der Waals surface area contributed by atoms with Gasteiger partial charge in [-0.05, 0) is 62.9 Å². The van der Waals surface area contributed by atoms with Gasteiger partial charge < -0.3 is 35.6 Å². The number of likely N-dealkylation sites (tertiary alicyclic amines) is 1. The Morgan fingerprint density at radius 3 is 2.27 bits per heavy atom. The number of likely N-dealkylation sites (N-methyl/N-ethyl adjacent to an activating group) is 2. The molecule has 1 aliphatic heterocycles. The molecule has 0 bridgehead atoms. The minimum Gasteiger partial charge on any atom is -0.399 e. The lowest BCUT2D eigenvalue weighted by molar-refractivity contribution is -0.145. The molecule has 7 unspecified atom stereocenters. The van der Waals surface area contributed by atoms with Crippen molar-refractivity contribution >= 4 is 29.3 Å². The highest BCUT2D eigenvalue weighted by molar-refractivity contribution is 5.87. The normalized spacial score (nSPS) is 18.6. The van der Waals surface area contributed by atoms with Crippen LogP contribution in [0.5, 0.6) is 0 Å². The lowest BCUT2D eigenvalue weighted by Gasteiger charge is -2.39. The number of anilines is 1. The maximum absolute atomic E-state index is 13.9. The highest BCUT2D eigenvalue weighted by Crippen LogP contribution is 2.29. The van der Waals surface area contributed by atoms with Gasteiger partial charge in [-0.15, -0.1) is 0 Å². The minimum atomic E-state index is -0.572. The third kappa shape index (κ3) is 11.2. The zero-order chi connectivity index (χ0) is 36.1. The third-order valence-electron chi connectivity index (χ3n) is 9.84. The number of rotatable bonds is 19. The summed E-state index contributed by atoms with van der Waals surface area (Å²) in [5, 5.41) is 5.82. The number of nitrogen functional groups attached to an aromatic ring is 1. The van der Waals surface area contributed by atoms with Gasteiger partial charge in [-0.1, -0.05) is 53.2 Å². The molecule has 48 heavy (non-hydrogen) atoms. The third-order valence-corrected chi connectivity index (χ3v) is 9.84. The molecule has 1 aliphatic rings. The molecular formula is C36H62N6O6. The van der Waals surface area contributed by atoms with Crippen LogP contribution in [0.25, 0.3) is 0 Å². The fourth-order valence-electron chi connectivity index (χ4n) is 7.09. The van der Waals surface area contributed by atoms with Crippen LogP contribution in [0.4, 0.5) is 5.69 Å². The molecule has 0 spiro atoms. The molecule has 0 aromatic heterocycles. The Hall–Kier alpha value is -3.22. The van der Waals surface area contributed by atoms with Crippen LogP contribution >= 0.6 is 0 Å². The lowest BCUT2D eigenvalue weighted by atomic mass is 9.90. The second-order valence-corrected chi connectivity index (χ2v) is 13.8. The van der Waals surface area contributed by atoms with Crippen molar-refractivity contribution in [3.05, 3.63) is 29.8 Å². The van der Waals surface area contributed by atoms with E-state index in [1.54, 1.807) is 26.2 Å². The second-order valence-electron chi connectivity index (χ2n) is 13.8. The summed E-state index contributed by atoms with van der Waals surface area (Å²) in [6, 6.07) is 6.58. The van der Waals surface area contributed by atoms with E-state index in [0.29, 0.717) is 25.2 Å². The Bertz CT molecular complexity index is 1190. The van der Waals surface area contributed by atoms with Crippen molar-refractivity contribution in [3.63, 3.8) is 0 Å². The summed E-state index contributed by atoms with van der Waals surface area (Å²) in [6.07, 6.45) is 1.95. The second kappa shape index (κ2) is 19.7. The summed E-state index contributed by atoms with van der Waals surface area (Å²) in [7, 11) is 8.54. The Kier molecular flexibility index (Phi) is 16.8. The molecule has 12 heteroatoms. The highest BCUT2D eigenvalue weighted by atomic mass is 16.5. The standard InChI is InChI=1S/C36H62N6O6/c1-11-24(4)33(41(8)31(44)22-39-36(46)32(23(2)3)40(6)7)29(47-9)21-30(43)42-19-13-16-28(42)34(48-10)25(5)35(45)38-18-17-26-14-12-15-27(37)20-26/h12,14-15,20,23-25,28-29,32-34H,11,13,16-19,21-22,37H2,1-10H3,(H,38,45)(H,39,46). The van der Waals surface area contributed by atoms with E-state index in [0.717, 1.165) is 24.8 Å². The maximum Gasteiger partial charge on any atom is 0.242 e. The predicted octanol–water partition coefficient (Wildman–Crippen LogP) is 2.55. The summed E-state index contributed by atoms with van der Waals surface area (Å²) < 4.78 is 11.8. The molecule has 7 atom stereocenters. The number of benzene rings is 1. The number of nitrogens with zero attached hydrogens (tertiary/aromatic N) is 3. The molecule has 4 amide bonds. The molecule has 0 radical (unpaired) electrons. The van der Waals surface area contributed by atoms with E-state index in [4.69, 9.17) is 15.2 Å². The van der Waals surface area contributed by atoms with Crippen molar-refractivity contribution in [1.82, 2.24) is 25.3 Å². The lowest BCUT2D eigenvalue weighted by Crippen LogP contribution is -2.55. The predicted molar refractivity (Wildman–Crippen MR) is 189 cm³/mol. The van der Waals surface area contributed by atoms with Crippen molar-refractivity contribution in [1.29, 1.82) is 0 Å². The SMILES string of the molecule is CCC(C)C(C(CC(=O)N1CCCC1C(OC)C(C)C(=O)NCCc1cccc(N)c1)OC)N(C)C(=O)CNC(=O)C(C(C)C)N(C)C. The van der Waals surface area contributed by atoms with E-state index in [-0.39, 0.29) is 60.5 Å². The van der Waals surface area contributed by atoms with Gasteiger partial charge in [0, 0.05) is 40.0 Å². The molecule has 0 saturated carbocycles. The molecule has 0 aliphatic carbocycles. The molecule has 1 saturated heterocycles. The van der Waals surface area contributed by atoms with Gasteiger partial charge in [0.1, 0.15) is 0 Å². The van der Waals surface area contributed by atoms with Crippen LogP contribution in [0.15, 0.2) is 24.3 Å². The zero-order valence-electron chi connectivity index (χ0n) is 31.0. The van der Waals surface area contributed by atoms with Crippen molar-refractivity contribution < 1.29 is 28.7 Å². The van der Waals surface area contributed by atoms with Crippen LogP contribution in [-0.2, 0) is 35.1 Å². The maximum atomic E-state index is 13.9. The fourth-order valence-corrected chi connectivity index (χ4v) is 7.09. The quantitative estimate of drug-likeness (QED) is 0.190.